The Morgan fingerprint density at radius 1 is 1.32 bits per heavy atom. The first-order valence-corrected chi connectivity index (χ1v) is 7.66. The van der Waals surface area contributed by atoms with E-state index in [-0.39, 0.29) is 0 Å². The molecule has 1 fully saturated rings. The minimum Gasteiger partial charge on any atom is -0.309 e. The Bertz CT molecular complexity index is 377. The zero-order chi connectivity index (χ0) is 13.7. The van der Waals surface area contributed by atoms with E-state index in [4.69, 9.17) is 0 Å². The Morgan fingerprint density at radius 2 is 2.05 bits per heavy atom. The van der Waals surface area contributed by atoms with Crippen molar-refractivity contribution in [1.29, 1.82) is 0 Å². The number of hydrogen-bond acceptors (Lipinski definition) is 3. The van der Waals surface area contributed by atoms with Gasteiger partial charge in [0, 0.05) is 13.1 Å². The molecule has 1 aliphatic rings. The van der Waals surface area contributed by atoms with E-state index >= 15 is 0 Å². The third-order valence-corrected chi connectivity index (χ3v) is 4.13. The molecule has 0 amide bonds. The molecule has 19 heavy (non-hydrogen) atoms. The molecule has 1 aromatic heterocycles. The van der Waals surface area contributed by atoms with Gasteiger partial charge in [-0.15, -0.1) is 0 Å². The molecular formula is C15H28N4. The summed E-state index contributed by atoms with van der Waals surface area (Å²) in [5.74, 6) is 1.67. The highest BCUT2D eigenvalue weighted by molar-refractivity contribution is 4.86. The molecule has 4 heteroatoms. The van der Waals surface area contributed by atoms with E-state index in [1.54, 1.807) is 6.33 Å². The van der Waals surface area contributed by atoms with Crippen molar-refractivity contribution in [3.8, 4) is 0 Å². The molecule has 2 rings (SSSR count). The maximum Gasteiger partial charge on any atom is 0.140 e. The van der Waals surface area contributed by atoms with Gasteiger partial charge in [0.2, 0.25) is 0 Å². The highest BCUT2D eigenvalue weighted by Crippen LogP contribution is 2.34. The lowest BCUT2D eigenvalue weighted by molar-refractivity contribution is 0.206. The lowest BCUT2D eigenvalue weighted by Crippen LogP contribution is -2.34. The first-order chi connectivity index (χ1) is 9.09. The second kappa shape index (κ2) is 6.51. The summed E-state index contributed by atoms with van der Waals surface area (Å²) < 4.78 is 2.03. The fourth-order valence-electron chi connectivity index (χ4n) is 2.98. The summed E-state index contributed by atoms with van der Waals surface area (Å²) in [6.07, 6.45) is 8.58. The predicted molar refractivity (Wildman–Crippen MR) is 77.8 cm³/mol. The van der Waals surface area contributed by atoms with Gasteiger partial charge < -0.3 is 5.32 Å². The van der Waals surface area contributed by atoms with E-state index in [1.165, 1.54) is 32.1 Å². The van der Waals surface area contributed by atoms with Crippen molar-refractivity contribution >= 4 is 0 Å². The van der Waals surface area contributed by atoms with Gasteiger partial charge in [0.05, 0.1) is 6.54 Å². The Labute approximate surface area is 117 Å². The molecule has 0 saturated heterocycles. The van der Waals surface area contributed by atoms with E-state index in [1.807, 2.05) is 4.68 Å². The van der Waals surface area contributed by atoms with E-state index in [0.717, 1.165) is 25.5 Å². The molecule has 0 spiro atoms. The smallest absolute Gasteiger partial charge is 0.140 e. The summed E-state index contributed by atoms with van der Waals surface area (Å²) in [4.78, 5) is 4.36. The lowest BCUT2D eigenvalue weighted by Gasteiger charge is -2.33. The maximum atomic E-state index is 4.36. The zero-order valence-electron chi connectivity index (χ0n) is 12.7. The Kier molecular flexibility index (Phi) is 4.97. The predicted octanol–water partition coefficient (Wildman–Crippen LogP) is 2.99. The largest absolute Gasteiger partial charge is 0.309 e. The molecule has 1 heterocycles. The summed E-state index contributed by atoms with van der Waals surface area (Å²) in [7, 11) is 0. The Balaban J connectivity index is 1.80. The molecule has 1 aromatic rings. The van der Waals surface area contributed by atoms with Crippen LogP contribution in [0, 0.1) is 11.3 Å². The van der Waals surface area contributed by atoms with Crippen molar-refractivity contribution in [2.75, 3.05) is 6.54 Å². The topological polar surface area (TPSA) is 42.7 Å². The molecule has 0 aliphatic heterocycles. The van der Waals surface area contributed by atoms with Crippen LogP contribution in [0.1, 0.15) is 58.7 Å². The van der Waals surface area contributed by atoms with Gasteiger partial charge in [-0.25, -0.2) is 9.67 Å². The Hall–Kier alpha value is -0.900. The van der Waals surface area contributed by atoms with Crippen LogP contribution in [0.5, 0.6) is 0 Å². The molecule has 1 saturated carbocycles. The quantitative estimate of drug-likeness (QED) is 0.859. The summed E-state index contributed by atoms with van der Waals surface area (Å²) in [6, 6.07) is 0. The van der Waals surface area contributed by atoms with E-state index in [2.05, 4.69) is 36.2 Å². The fraction of sp³-hybridized carbons (Fsp3) is 0.867. The van der Waals surface area contributed by atoms with Crippen LogP contribution in [0.3, 0.4) is 0 Å². The SMILES string of the molecule is CC(C)Cn1ncnc1CNCC1(C)CCCCC1. The molecular weight excluding hydrogens is 236 g/mol. The van der Waals surface area contributed by atoms with Gasteiger partial charge in [-0.05, 0) is 24.2 Å². The number of nitrogens with zero attached hydrogens (tertiary/aromatic N) is 3. The second-order valence-electron chi connectivity index (χ2n) is 6.73. The summed E-state index contributed by atoms with van der Waals surface area (Å²) in [5.41, 5.74) is 0.487. The van der Waals surface area contributed by atoms with Crippen LogP contribution in [0.25, 0.3) is 0 Å². The lowest BCUT2D eigenvalue weighted by atomic mass is 9.76. The minimum absolute atomic E-state index is 0.487. The minimum atomic E-state index is 0.487. The first-order valence-electron chi connectivity index (χ1n) is 7.66. The zero-order valence-corrected chi connectivity index (χ0v) is 12.7. The van der Waals surface area contributed by atoms with Gasteiger partial charge >= 0.3 is 0 Å². The molecule has 0 unspecified atom stereocenters. The van der Waals surface area contributed by atoms with Gasteiger partial charge in [0.15, 0.2) is 0 Å². The third kappa shape index (κ3) is 4.30. The number of nitrogens with one attached hydrogen (secondary N) is 1. The highest BCUT2D eigenvalue weighted by atomic mass is 15.3. The molecule has 4 nitrogen and oxygen atoms in total. The average molecular weight is 264 g/mol. The van der Waals surface area contributed by atoms with Crippen LogP contribution in [0.15, 0.2) is 6.33 Å². The maximum absolute atomic E-state index is 4.36. The first kappa shape index (κ1) is 14.5. The van der Waals surface area contributed by atoms with Crippen LogP contribution in [0.4, 0.5) is 0 Å². The van der Waals surface area contributed by atoms with E-state index in [0.29, 0.717) is 11.3 Å². The van der Waals surface area contributed by atoms with Crippen LogP contribution in [0.2, 0.25) is 0 Å². The molecule has 108 valence electrons. The van der Waals surface area contributed by atoms with Crippen molar-refractivity contribution in [2.24, 2.45) is 11.3 Å². The molecule has 0 bridgehead atoms. The van der Waals surface area contributed by atoms with Gasteiger partial charge in [-0.2, -0.15) is 5.10 Å². The van der Waals surface area contributed by atoms with Crippen molar-refractivity contribution in [2.45, 2.75) is 66.0 Å². The molecule has 0 atom stereocenters. The monoisotopic (exact) mass is 264 g/mol. The third-order valence-electron chi connectivity index (χ3n) is 4.13. The summed E-state index contributed by atoms with van der Waals surface area (Å²) in [6.45, 7) is 9.72. The van der Waals surface area contributed by atoms with Gasteiger partial charge in [-0.3, -0.25) is 0 Å². The number of hydrogen-bond donors (Lipinski definition) is 1. The summed E-state index contributed by atoms with van der Waals surface area (Å²) in [5, 5.41) is 7.89. The van der Waals surface area contributed by atoms with Crippen molar-refractivity contribution in [1.82, 2.24) is 20.1 Å². The normalized spacial score (nSPS) is 18.9. The number of aromatic nitrogens is 3. The highest BCUT2D eigenvalue weighted by Gasteiger charge is 2.26. The van der Waals surface area contributed by atoms with Gasteiger partial charge in [0.1, 0.15) is 12.2 Å². The van der Waals surface area contributed by atoms with Crippen LogP contribution >= 0.6 is 0 Å². The van der Waals surface area contributed by atoms with Gasteiger partial charge in [-0.1, -0.05) is 40.0 Å². The van der Waals surface area contributed by atoms with E-state index in [9.17, 15) is 0 Å². The molecule has 1 N–H and O–H groups in total. The van der Waals surface area contributed by atoms with Crippen molar-refractivity contribution in [3.63, 3.8) is 0 Å². The molecule has 0 radical (unpaired) electrons. The standard InChI is InChI=1S/C15H28N4/c1-13(2)10-19-14(17-12-18-19)9-16-11-15(3)7-5-4-6-8-15/h12-13,16H,4-11H2,1-3H3. The Morgan fingerprint density at radius 3 is 2.74 bits per heavy atom. The van der Waals surface area contributed by atoms with Crippen LogP contribution in [-0.2, 0) is 13.1 Å². The number of rotatable bonds is 6. The fourth-order valence-corrected chi connectivity index (χ4v) is 2.98. The summed E-state index contributed by atoms with van der Waals surface area (Å²) >= 11 is 0. The molecule has 0 aromatic carbocycles. The van der Waals surface area contributed by atoms with Gasteiger partial charge in [0.25, 0.3) is 0 Å². The van der Waals surface area contributed by atoms with Crippen molar-refractivity contribution < 1.29 is 0 Å². The van der Waals surface area contributed by atoms with Crippen LogP contribution in [-0.4, -0.2) is 21.3 Å². The van der Waals surface area contributed by atoms with Crippen molar-refractivity contribution in [3.05, 3.63) is 12.2 Å². The van der Waals surface area contributed by atoms with Crippen LogP contribution < -0.4 is 5.32 Å². The second-order valence-corrected chi connectivity index (χ2v) is 6.73. The molecule has 1 aliphatic carbocycles. The average Bonchev–Trinajstić information content (AvgIpc) is 2.76. The van der Waals surface area contributed by atoms with E-state index < -0.39 is 0 Å².